The third kappa shape index (κ3) is 2.97. The lowest BCUT2D eigenvalue weighted by atomic mass is 9.69. The van der Waals surface area contributed by atoms with Crippen molar-refractivity contribution in [1.82, 2.24) is 10.3 Å². The molecule has 0 unspecified atom stereocenters. The molecule has 5 heteroatoms. The van der Waals surface area contributed by atoms with Crippen LogP contribution in [0.1, 0.15) is 43.7 Å². The third-order valence-corrected chi connectivity index (χ3v) is 5.68. The van der Waals surface area contributed by atoms with Crippen molar-refractivity contribution in [2.45, 2.75) is 50.6 Å². The van der Waals surface area contributed by atoms with Gasteiger partial charge < -0.3 is 15.4 Å². The Labute approximate surface area is 154 Å². The van der Waals surface area contributed by atoms with Crippen LogP contribution in [0.15, 0.2) is 42.6 Å². The van der Waals surface area contributed by atoms with Gasteiger partial charge in [-0.3, -0.25) is 4.79 Å². The van der Waals surface area contributed by atoms with E-state index in [4.69, 9.17) is 4.74 Å². The highest BCUT2D eigenvalue weighted by molar-refractivity contribution is 6.06. The molecule has 1 aliphatic heterocycles. The Kier molecular flexibility index (Phi) is 4.64. The van der Waals surface area contributed by atoms with Crippen molar-refractivity contribution < 1.29 is 9.53 Å². The maximum atomic E-state index is 12.7. The lowest BCUT2D eigenvalue weighted by Crippen LogP contribution is -2.43. The molecule has 2 aliphatic rings. The molecular formula is C21H25N3O2. The van der Waals surface area contributed by atoms with E-state index in [2.05, 4.69) is 27.8 Å². The summed E-state index contributed by atoms with van der Waals surface area (Å²) in [4.78, 5) is 17.0. The van der Waals surface area contributed by atoms with Crippen LogP contribution in [0.2, 0.25) is 0 Å². The highest BCUT2D eigenvalue weighted by Crippen LogP contribution is 2.47. The fraction of sp³-hybridized carbons (Fsp3) is 0.429. The Hall–Kier alpha value is -2.40. The van der Waals surface area contributed by atoms with Crippen molar-refractivity contribution in [2.24, 2.45) is 0 Å². The molecule has 5 nitrogen and oxygen atoms in total. The van der Waals surface area contributed by atoms with Gasteiger partial charge in [0.05, 0.1) is 12.0 Å². The maximum absolute atomic E-state index is 12.7. The standard InChI is InChI=1S/C21H25N3O2/c1-2-26-19-15(6-5-13-22-19)14-23-16-9-11-21(12-10-16)17-7-3-4-8-18(17)24-20(21)25/h3-8,13,16,23H,2,9-12,14H2,1H3,(H,24,25). The van der Waals surface area contributed by atoms with Crippen molar-refractivity contribution >= 4 is 11.6 Å². The highest BCUT2D eigenvalue weighted by atomic mass is 16.5. The normalized spacial score (nSPS) is 24.3. The van der Waals surface area contributed by atoms with E-state index < -0.39 is 0 Å². The molecule has 26 heavy (non-hydrogen) atoms. The molecule has 136 valence electrons. The van der Waals surface area contributed by atoms with Gasteiger partial charge in [0.25, 0.3) is 0 Å². The summed E-state index contributed by atoms with van der Waals surface area (Å²) in [7, 11) is 0. The van der Waals surface area contributed by atoms with Crippen molar-refractivity contribution in [3.8, 4) is 5.88 Å². The molecule has 0 saturated heterocycles. The van der Waals surface area contributed by atoms with Crippen molar-refractivity contribution in [2.75, 3.05) is 11.9 Å². The van der Waals surface area contributed by atoms with E-state index >= 15 is 0 Å². The fourth-order valence-electron chi connectivity index (χ4n) is 4.26. The first-order chi connectivity index (χ1) is 12.7. The van der Waals surface area contributed by atoms with Crippen LogP contribution < -0.4 is 15.4 Å². The first-order valence-corrected chi connectivity index (χ1v) is 9.44. The second-order valence-corrected chi connectivity index (χ2v) is 7.14. The molecule has 1 aromatic carbocycles. The smallest absolute Gasteiger partial charge is 0.235 e. The van der Waals surface area contributed by atoms with E-state index in [-0.39, 0.29) is 11.3 Å². The minimum absolute atomic E-state index is 0.169. The first-order valence-electron chi connectivity index (χ1n) is 9.44. The summed E-state index contributed by atoms with van der Waals surface area (Å²) >= 11 is 0. The maximum Gasteiger partial charge on any atom is 0.235 e. The molecule has 0 atom stereocenters. The van der Waals surface area contributed by atoms with E-state index in [1.54, 1.807) is 6.20 Å². The summed E-state index contributed by atoms with van der Waals surface area (Å²) in [5.74, 6) is 0.877. The van der Waals surface area contributed by atoms with Crippen LogP contribution in [0, 0.1) is 0 Å². The molecule has 2 aromatic rings. The summed E-state index contributed by atoms with van der Waals surface area (Å²) in [5, 5.41) is 6.70. The number of hydrogen-bond donors (Lipinski definition) is 2. The van der Waals surface area contributed by atoms with Crippen LogP contribution in [-0.4, -0.2) is 23.5 Å². The number of hydrogen-bond acceptors (Lipinski definition) is 4. The van der Waals surface area contributed by atoms with Gasteiger partial charge in [-0.25, -0.2) is 4.98 Å². The predicted octanol–water partition coefficient (Wildman–Crippen LogP) is 3.40. The molecular weight excluding hydrogens is 326 g/mol. The van der Waals surface area contributed by atoms with E-state index in [1.807, 2.05) is 31.2 Å². The van der Waals surface area contributed by atoms with Crippen LogP contribution in [0.4, 0.5) is 5.69 Å². The number of para-hydroxylation sites is 1. The van der Waals surface area contributed by atoms with Crippen molar-refractivity contribution in [3.63, 3.8) is 0 Å². The Morgan fingerprint density at radius 1 is 1.23 bits per heavy atom. The largest absolute Gasteiger partial charge is 0.478 e. The number of pyridine rings is 1. The van der Waals surface area contributed by atoms with Gasteiger partial charge in [0.1, 0.15) is 0 Å². The number of nitrogens with zero attached hydrogens (tertiary/aromatic N) is 1. The van der Waals surface area contributed by atoms with Crippen molar-refractivity contribution in [3.05, 3.63) is 53.7 Å². The summed E-state index contributed by atoms with van der Waals surface area (Å²) in [6, 6.07) is 12.5. The molecule has 1 aliphatic carbocycles. The number of ether oxygens (including phenoxy) is 1. The Morgan fingerprint density at radius 2 is 2.04 bits per heavy atom. The van der Waals surface area contributed by atoms with E-state index in [0.717, 1.165) is 43.5 Å². The van der Waals surface area contributed by atoms with Gasteiger partial charge in [-0.05, 0) is 50.3 Å². The number of fused-ring (bicyclic) bond motifs is 2. The SMILES string of the molecule is CCOc1ncccc1CNC1CCC2(CC1)C(=O)Nc1ccccc12. The van der Waals surface area contributed by atoms with E-state index in [9.17, 15) is 4.79 Å². The molecule has 2 heterocycles. The lowest BCUT2D eigenvalue weighted by Gasteiger charge is -2.36. The monoisotopic (exact) mass is 351 g/mol. The summed E-state index contributed by atoms with van der Waals surface area (Å²) < 4.78 is 5.60. The number of nitrogens with one attached hydrogen (secondary N) is 2. The number of benzene rings is 1. The van der Waals surface area contributed by atoms with Gasteiger partial charge in [0.15, 0.2) is 0 Å². The molecule has 2 N–H and O–H groups in total. The first kappa shape index (κ1) is 17.0. The van der Waals surface area contributed by atoms with Crippen LogP contribution in [0.25, 0.3) is 0 Å². The fourth-order valence-corrected chi connectivity index (χ4v) is 4.26. The van der Waals surface area contributed by atoms with Crippen LogP contribution in [0.5, 0.6) is 5.88 Å². The number of amides is 1. The Bertz CT molecular complexity index is 797. The summed E-state index contributed by atoms with van der Waals surface area (Å²) in [6.45, 7) is 3.32. The molecule has 1 aromatic heterocycles. The second kappa shape index (κ2) is 7.08. The van der Waals surface area contributed by atoms with Crippen molar-refractivity contribution in [1.29, 1.82) is 0 Å². The van der Waals surface area contributed by atoms with E-state index in [0.29, 0.717) is 18.5 Å². The molecule has 1 saturated carbocycles. The van der Waals surface area contributed by atoms with Gasteiger partial charge in [-0.15, -0.1) is 0 Å². The molecule has 1 fully saturated rings. The molecule has 0 radical (unpaired) electrons. The topological polar surface area (TPSA) is 63.2 Å². The van der Waals surface area contributed by atoms with Crippen LogP contribution in [-0.2, 0) is 16.8 Å². The van der Waals surface area contributed by atoms with Gasteiger partial charge in [-0.1, -0.05) is 24.3 Å². The van der Waals surface area contributed by atoms with Gasteiger partial charge >= 0.3 is 0 Å². The van der Waals surface area contributed by atoms with Crippen LogP contribution in [0.3, 0.4) is 0 Å². The third-order valence-electron chi connectivity index (χ3n) is 5.68. The summed E-state index contributed by atoms with van der Waals surface area (Å²) in [5.41, 5.74) is 2.91. The zero-order valence-corrected chi connectivity index (χ0v) is 15.1. The molecule has 1 spiro atoms. The van der Waals surface area contributed by atoms with Gasteiger partial charge in [-0.2, -0.15) is 0 Å². The quantitative estimate of drug-likeness (QED) is 0.867. The number of anilines is 1. The van der Waals surface area contributed by atoms with E-state index in [1.165, 1.54) is 5.56 Å². The minimum atomic E-state index is -0.334. The highest BCUT2D eigenvalue weighted by Gasteiger charge is 2.48. The summed E-state index contributed by atoms with van der Waals surface area (Å²) in [6.07, 6.45) is 5.52. The van der Waals surface area contributed by atoms with Crippen LogP contribution >= 0.6 is 0 Å². The number of carbonyl (C=O) groups is 1. The molecule has 1 amide bonds. The minimum Gasteiger partial charge on any atom is -0.478 e. The molecule has 0 bridgehead atoms. The Balaban J connectivity index is 1.40. The average Bonchev–Trinajstić information content (AvgIpc) is 2.94. The Morgan fingerprint density at radius 3 is 2.85 bits per heavy atom. The zero-order valence-electron chi connectivity index (χ0n) is 15.1. The number of carbonyl (C=O) groups excluding carboxylic acids is 1. The van der Waals surface area contributed by atoms with Gasteiger partial charge in [0.2, 0.25) is 11.8 Å². The molecule has 4 rings (SSSR count). The number of aromatic nitrogens is 1. The number of rotatable bonds is 5. The second-order valence-electron chi connectivity index (χ2n) is 7.14. The van der Waals surface area contributed by atoms with Gasteiger partial charge in [0, 0.05) is 30.0 Å². The predicted molar refractivity (Wildman–Crippen MR) is 101 cm³/mol. The lowest BCUT2D eigenvalue weighted by molar-refractivity contribution is -0.122. The average molecular weight is 351 g/mol. The zero-order chi connectivity index (χ0) is 18.0.